The summed E-state index contributed by atoms with van der Waals surface area (Å²) in [4.78, 5) is 37.8. The molecular formula is C25H22F3N3O3. The molecule has 0 heterocycles. The van der Waals surface area contributed by atoms with Crippen molar-refractivity contribution in [1.29, 1.82) is 0 Å². The number of carbonyl (C=O) groups excluding carboxylic acids is 3. The van der Waals surface area contributed by atoms with Crippen LogP contribution in [-0.2, 0) is 4.79 Å². The van der Waals surface area contributed by atoms with E-state index < -0.39 is 52.7 Å². The maximum absolute atomic E-state index is 13.9. The number of anilines is 2. The van der Waals surface area contributed by atoms with Crippen LogP contribution in [-0.4, -0.2) is 23.8 Å². The highest BCUT2D eigenvalue weighted by molar-refractivity contribution is 6.06. The van der Waals surface area contributed by atoms with Gasteiger partial charge in [0.25, 0.3) is 11.8 Å². The fourth-order valence-corrected chi connectivity index (χ4v) is 3.19. The Morgan fingerprint density at radius 2 is 1.32 bits per heavy atom. The molecule has 0 spiro atoms. The van der Waals surface area contributed by atoms with Gasteiger partial charge in [-0.15, -0.1) is 0 Å². The minimum atomic E-state index is -1.11. The molecule has 0 aromatic heterocycles. The number of hydrogen-bond donors (Lipinski definition) is 3. The Labute approximate surface area is 194 Å². The van der Waals surface area contributed by atoms with E-state index in [9.17, 15) is 27.6 Å². The molecule has 3 aromatic rings. The molecule has 0 unspecified atom stereocenters. The summed E-state index contributed by atoms with van der Waals surface area (Å²) in [5.74, 6) is -5.23. The van der Waals surface area contributed by atoms with Gasteiger partial charge in [0.1, 0.15) is 29.1 Å². The molecule has 0 aliphatic carbocycles. The first kappa shape index (κ1) is 24.5. The van der Waals surface area contributed by atoms with Gasteiger partial charge in [-0.2, -0.15) is 0 Å². The van der Waals surface area contributed by atoms with Crippen LogP contribution in [0.2, 0.25) is 0 Å². The van der Waals surface area contributed by atoms with Crippen molar-refractivity contribution in [2.45, 2.75) is 19.9 Å². The van der Waals surface area contributed by atoms with Crippen LogP contribution >= 0.6 is 0 Å². The van der Waals surface area contributed by atoms with Crippen LogP contribution in [0, 0.1) is 23.4 Å². The second-order valence-corrected chi connectivity index (χ2v) is 7.83. The van der Waals surface area contributed by atoms with Crippen molar-refractivity contribution >= 4 is 29.1 Å². The molecular weight excluding hydrogens is 447 g/mol. The summed E-state index contributed by atoms with van der Waals surface area (Å²) in [5, 5.41) is 7.52. The molecule has 0 radical (unpaired) electrons. The van der Waals surface area contributed by atoms with Crippen molar-refractivity contribution in [2.75, 3.05) is 10.6 Å². The lowest BCUT2D eigenvalue weighted by Gasteiger charge is -2.22. The summed E-state index contributed by atoms with van der Waals surface area (Å²) in [6, 6.07) is 13.3. The van der Waals surface area contributed by atoms with Gasteiger partial charge < -0.3 is 16.0 Å². The predicted molar refractivity (Wildman–Crippen MR) is 122 cm³/mol. The number of hydrogen-bond acceptors (Lipinski definition) is 3. The van der Waals surface area contributed by atoms with Gasteiger partial charge in [0.05, 0.1) is 0 Å². The Kier molecular flexibility index (Phi) is 7.68. The third kappa shape index (κ3) is 6.00. The lowest BCUT2D eigenvalue weighted by Crippen LogP contribution is -2.47. The molecule has 6 nitrogen and oxygen atoms in total. The Morgan fingerprint density at radius 1 is 0.735 bits per heavy atom. The average Bonchev–Trinajstić information content (AvgIpc) is 2.77. The minimum absolute atomic E-state index is 0.195. The molecule has 176 valence electrons. The number of benzene rings is 3. The van der Waals surface area contributed by atoms with Crippen LogP contribution in [0.25, 0.3) is 0 Å². The van der Waals surface area contributed by atoms with E-state index >= 15 is 0 Å². The maximum atomic E-state index is 13.9. The van der Waals surface area contributed by atoms with E-state index in [1.807, 2.05) is 0 Å². The van der Waals surface area contributed by atoms with Gasteiger partial charge in [-0.25, -0.2) is 13.2 Å². The third-order valence-corrected chi connectivity index (χ3v) is 4.90. The summed E-state index contributed by atoms with van der Waals surface area (Å²) in [5.41, 5.74) is -0.0612. The van der Waals surface area contributed by atoms with Gasteiger partial charge in [0.15, 0.2) is 0 Å². The highest BCUT2D eigenvalue weighted by atomic mass is 19.1. The van der Waals surface area contributed by atoms with E-state index in [2.05, 4.69) is 16.0 Å². The van der Waals surface area contributed by atoms with Gasteiger partial charge in [-0.05, 0) is 54.4 Å². The molecule has 0 bridgehead atoms. The molecule has 3 aromatic carbocycles. The summed E-state index contributed by atoms with van der Waals surface area (Å²) in [7, 11) is 0. The first-order valence-corrected chi connectivity index (χ1v) is 10.4. The SMILES string of the molecule is CC(C)[C@H](NC(=O)c1c(F)cccc1F)C(=O)Nc1cccc(C(=O)Nc2cccc(F)c2)c1. The molecule has 3 amide bonds. The van der Waals surface area contributed by atoms with Crippen molar-refractivity contribution in [3.05, 3.63) is 95.3 Å². The summed E-state index contributed by atoms with van der Waals surface area (Å²) in [6.45, 7) is 3.32. The Bertz CT molecular complexity index is 1210. The largest absolute Gasteiger partial charge is 0.340 e. The molecule has 3 N–H and O–H groups in total. The minimum Gasteiger partial charge on any atom is -0.340 e. The standard InChI is InChI=1S/C25H22F3N3O3/c1-14(2)22(31-24(33)21-19(27)10-5-11-20(21)28)25(34)30-17-8-3-6-15(12-17)23(32)29-18-9-4-7-16(26)13-18/h3-14,22H,1-2H3,(H,29,32)(H,30,34)(H,31,33)/t22-/m0/s1. The number of rotatable bonds is 7. The molecule has 0 fully saturated rings. The van der Waals surface area contributed by atoms with Gasteiger partial charge in [0, 0.05) is 16.9 Å². The molecule has 0 saturated carbocycles. The monoisotopic (exact) mass is 469 g/mol. The molecule has 9 heteroatoms. The number of amides is 3. The van der Waals surface area contributed by atoms with Crippen molar-refractivity contribution in [2.24, 2.45) is 5.92 Å². The van der Waals surface area contributed by atoms with E-state index in [0.717, 1.165) is 24.3 Å². The fourth-order valence-electron chi connectivity index (χ4n) is 3.19. The second-order valence-electron chi connectivity index (χ2n) is 7.83. The van der Waals surface area contributed by atoms with Crippen molar-refractivity contribution in [3.8, 4) is 0 Å². The van der Waals surface area contributed by atoms with Crippen LogP contribution in [0.5, 0.6) is 0 Å². The third-order valence-electron chi connectivity index (χ3n) is 4.90. The zero-order chi connectivity index (χ0) is 24.8. The van der Waals surface area contributed by atoms with Crippen LogP contribution in [0.3, 0.4) is 0 Å². The van der Waals surface area contributed by atoms with Crippen LogP contribution in [0.1, 0.15) is 34.6 Å². The smallest absolute Gasteiger partial charge is 0.257 e. The molecule has 0 aliphatic rings. The van der Waals surface area contributed by atoms with Crippen molar-refractivity contribution in [3.63, 3.8) is 0 Å². The molecule has 0 aliphatic heterocycles. The van der Waals surface area contributed by atoms with Gasteiger partial charge in [-0.3, -0.25) is 14.4 Å². The summed E-state index contributed by atoms with van der Waals surface area (Å²) < 4.78 is 41.2. The van der Waals surface area contributed by atoms with Gasteiger partial charge in [0.2, 0.25) is 5.91 Å². The van der Waals surface area contributed by atoms with Crippen LogP contribution in [0.4, 0.5) is 24.5 Å². The Balaban J connectivity index is 1.72. The lowest BCUT2D eigenvalue weighted by atomic mass is 10.0. The van der Waals surface area contributed by atoms with E-state index in [0.29, 0.717) is 0 Å². The quantitative estimate of drug-likeness (QED) is 0.467. The number of nitrogens with one attached hydrogen (secondary N) is 3. The Hall–Kier alpha value is -4.14. The van der Waals surface area contributed by atoms with E-state index in [4.69, 9.17) is 0 Å². The van der Waals surface area contributed by atoms with Gasteiger partial charge in [-0.1, -0.05) is 32.0 Å². The topological polar surface area (TPSA) is 87.3 Å². The van der Waals surface area contributed by atoms with Crippen LogP contribution < -0.4 is 16.0 Å². The van der Waals surface area contributed by atoms with Crippen LogP contribution in [0.15, 0.2) is 66.7 Å². The Morgan fingerprint density at radius 3 is 1.94 bits per heavy atom. The lowest BCUT2D eigenvalue weighted by molar-refractivity contribution is -0.118. The summed E-state index contributed by atoms with van der Waals surface area (Å²) in [6.07, 6.45) is 0. The maximum Gasteiger partial charge on any atom is 0.257 e. The molecule has 3 rings (SSSR count). The number of halogens is 3. The zero-order valence-electron chi connectivity index (χ0n) is 18.4. The van der Waals surface area contributed by atoms with Crippen molar-refractivity contribution in [1.82, 2.24) is 5.32 Å². The molecule has 0 saturated heterocycles. The molecule has 1 atom stereocenters. The predicted octanol–water partition coefficient (Wildman–Crippen LogP) is 4.75. The van der Waals surface area contributed by atoms with E-state index in [-0.39, 0.29) is 16.9 Å². The normalized spacial score (nSPS) is 11.6. The fraction of sp³-hybridized carbons (Fsp3) is 0.160. The average molecular weight is 469 g/mol. The first-order chi connectivity index (χ1) is 16.2. The van der Waals surface area contributed by atoms with E-state index in [1.165, 1.54) is 42.5 Å². The first-order valence-electron chi connectivity index (χ1n) is 10.4. The highest BCUT2D eigenvalue weighted by Gasteiger charge is 2.27. The zero-order valence-corrected chi connectivity index (χ0v) is 18.4. The van der Waals surface area contributed by atoms with Gasteiger partial charge >= 0.3 is 0 Å². The number of carbonyl (C=O) groups is 3. The second kappa shape index (κ2) is 10.7. The summed E-state index contributed by atoms with van der Waals surface area (Å²) >= 11 is 0. The van der Waals surface area contributed by atoms with Crippen molar-refractivity contribution < 1.29 is 27.6 Å². The molecule has 34 heavy (non-hydrogen) atoms. The van der Waals surface area contributed by atoms with E-state index in [1.54, 1.807) is 13.8 Å². The highest BCUT2D eigenvalue weighted by Crippen LogP contribution is 2.17.